The fourth-order valence-corrected chi connectivity index (χ4v) is 3.40. The number of anilines is 1. The topological polar surface area (TPSA) is 87.5 Å². The Balaban J connectivity index is 2.04. The minimum atomic E-state index is -0.731. The number of urea groups is 1. The van der Waals surface area contributed by atoms with E-state index in [0.717, 1.165) is 0 Å². The quantitative estimate of drug-likeness (QED) is 0.760. The molecule has 1 aliphatic rings. The number of halogens is 2. The first kappa shape index (κ1) is 19.1. The maximum Gasteiger partial charge on any atom is 0.322 e. The molecule has 0 radical (unpaired) electrons. The SMILES string of the molecule is CCN1C(=O)NC(c2ccc(F)c(Br)c2)C(C(=O)Nc2cc(C)on2)=C1C. The van der Waals surface area contributed by atoms with Gasteiger partial charge in [-0.2, -0.15) is 0 Å². The molecule has 1 aromatic carbocycles. The number of carbonyl (C=O) groups excluding carboxylic acids is 2. The smallest absolute Gasteiger partial charge is 0.322 e. The van der Waals surface area contributed by atoms with Crippen LogP contribution in [0.4, 0.5) is 15.0 Å². The molecule has 0 saturated carbocycles. The highest BCUT2D eigenvalue weighted by Gasteiger charge is 2.35. The zero-order valence-electron chi connectivity index (χ0n) is 15.0. The summed E-state index contributed by atoms with van der Waals surface area (Å²) < 4.78 is 18.8. The molecular weight excluding hydrogens is 419 g/mol. The summed E-state index contributed by atoms with van der Waals surface area (Å²) in [5.41, 5.74) is 1.44. The van der Waals surface area contributed by atoms with Crippen molar-refractivity contribution >= 4 is 33.7 Å². The lowest BCUT2D eigenvalue weighted by molar-refractivity contribution is -0.113. The van der Waals surface area contributed by atoms with Gasteiger partial charge in [0, 0.05) is 18.3 Å². The van der Waals surface area contributed by atoms with Gasteiger partial charge in [0.15, 0.2) is 5.82 Å². The van der Waals surface area contributed by atoms with Crippen molar-refractivity contribution in [3.05, 3.63) is 57.1 Å². The first-order chi connectivity index (χ1) is 12.8. The zero-order valence-corrected chi connectivity index (χ0v) is 16.6. The molecule has 0 aliphatic carbocycles. The minimum Gasteiger partial charge on any atom is -0.360 e. The Hall–Kier alpha value is -2.68. The van der Waals surface area contributed by atoms with Crippen LogP contribution in [0.25, 0.3) is 0 Å². The van der Waals surface area contributed by atoms with Crippen molar-refractivity contribution < 1.29 is 18.5 Å². The van der Waals surface area contributed by atoms with E-state index in [9.17, 15) is 14.0 Å². The third-order valence-electron chi connectivity index (χ3n) is 4.30. The molecule has 2 N–H and O–H groups in total. The van der Waals surface area contributed by atoms with Crippen molar-refractivity contribution in [3.8, 4) is 0 Å². The lowest BCUT2D eigenvalue weighted by Crippen LogP contribution is -2.48. The van der Waals surface area contributed by atoms with Gasteiger partial charge in [-0.15, -0.1) is 0 Å². The van der Waals surface area contributed by atoms with E-state index in [2.05, 4.69) is 31.7 Å². The van der Waals surface area contributed by atoms with Crippen molar-refractivity contribution in [1.82, 2.24) is 15.4 Å². The fraction of sp³-hybridized carbons (Fsp3) is 0.278. The Morgan fingerprint density at radius 2 is 2.15 bits per heavy atom. The molecule has 1 aromatic heterocycles. The number of nitrogens with zero attached hydrogens (tertiary/aromatic N) is 2. The molecule has 1 atom stereocenters. The summed E-state index contributed by atoms with van der Waals surface area (Å²) in [6, 6.07) is 4.90. The van der Waals surface area contributed by atoms with Crippen LogP contribution in [-0.4, -0.2) is 28.5 Å². The van der Waals surface area contributed by atoms with Gasteiger partial charge < -0.3 is 15.2 Å². The Labute approximate surface area is 163 Å². The highest BCUT2D eigenvalue weighted by atomic mass is 79.9. The van der Waals surface area contributed by atoms with Gasteiger partial charge in [0.1, 0.15) is 11.6 Å². The Bertz CT molecular complexity index is 940. The predicted octanol–water partition coefficient (Wildman–Crippen LogP) is 3.88. The number of carbonyl (C=O) groups is 2. The number of aryl methyl sites for hydroxylation is 1. The van der Waals surface area contributed by atoms with Crippen LogP contribution >= 0.6 is 15.9 Å². The van der Waals surface area contributed by atoms with Crippen molar-refractivity contribution in [3.63, 3.8) is 0 Å². The summed E-state index contributed by atoms with van der Waals surface area (Å²) in [7, 11) is 0. The van der Waals surface area contributed by atoms with E-state index in [1.807, 2.05) is 6.92 Å². The maximum atomic E-state index is 13.6. The summed E-state index contributed by atoms with van der Waals surface area (Å²) in [6.45, 7) is 5.63. The lowest BCUT2D eigenvalue weighted by Gasteiger charge is -2.35. The van der Waals surface area contributed by atoms with Crippen LogP contribution < -0.4 is 10.6 Å². The van der Waals surface area contributed by atoms with Crippen LogP contribution in [0.2, 0.25) is 0 Å². The van der Waals surface area contributed by atoms with Gasteiger partial charge in [-0.1, -0.05) is 11.2 Å². The summed E-state index contributed by atoms with van der Waals surface area (Å²) in [5, 5.41) is 9.26. The van der Waals surface area contributed by atoms with Crippen molar-refractivity contribution in [2.45, 2.75) is 26.8 Å². The molecule has 3 amide bonds. The summed E-state index contributed by atoms with van der Waals surface area (Å²) in [4.78, 5) is 26.9. The average molecular weight is 437 g/mol. The van der Waals surface area contributed by atoms with E-state index < -0.39 is 17.8 Å². The number of hydrogen-bond acceptors (Lipinski definition) is 4. The van der Waals surface area contributed by atoms with Crippen LogP contribution in [0.3, 0.4) is 0 Å². The summed E-state index contributed by atoms with van der Waals surface area (Å²) >= 11 is 3.14. The maximum absolute atomic E-state index is 13.6. The van der Waals surface area contributed by atoms with Gasteiger partial charge in [-0.3, -0.25) is 9.69 Å². The monoisotopic (exact) mass is 436 g/mol. The fourth-order valence-electron chi connectivity index (χ4n) is 3.01. The number of rotatable bonds is 4. The highest BCUT2D eigenvalue weighted by Crippen LogP contribution is 2.33. The number of amides is 3. The number of nitrogens with one attached hydrogen (secondary N) is 2. The third-order valence-corrected chi connectivity index (χ3v) is 4.91. The third kappa shape index (κ3) is 3.73. The Kier molecular flexibility index (Phi) is 5.31. The van der Waals surface area contributed by atoms with E-state index in [0.29, 0.717) is 29.1 Å². The second-order valence-corrected chi connectivity index (χ2v) is 6.93. The minimum absolute atomic E-state index is 0.247. The Morgan fingerprint density at radius 3 is 2.74 bits per heavy atom. The number of allylic oxidation sites excluding steroid dienone is 1. The molecule has 9 heteroatoms. The normalized spacial score (nSPS) is 17.1. The van der Waals surface area contributed by atoms with E-state index in [4.69, 9.17) is 4.52 Å². The van der Waals surface area contributed by atoms with Crippen molar-refractivity contribution in [2.24, 2.45) is 0 Å². The van der Waals surface area contributed by atoms with Gasteiger partial charge in [0.05, 0.1) is 16.1 Å². The standard InChI is InChI=1S/C18H18BrFN4O3/c1-4-24-10(3)15(17(25)21-14-7-9(2)27-23-14)16(22-18(24)26)11-5-6-13(20)12(19)8-11/h5-8,16H,4H2,1-3H3,(H,22,26)(H,21,23,25). The Morgan fingerprint density at radius 1 is 1.41 bits per heavy atom. The molecule has 27 heavy (non-hydrogen) atoms. The molecule has 142 valence electrons. The second-order valence-electron chi connectivity index (χ2n) is 6.08. The van der Waals surface area contributed by atoms with Crippen LogP contribution in [-0.2, 0) is 4.79 Å². The molecule has 0 bridgehead atoms. The van der Waals surface area contributed by atoms with Gasteiger partial charge in [0.25, 0.3) is 5.91 Å². The van der Waals surface area contributed by atoms with Crippen molar-refractivity contribution in [1.29, 1.82) is 0 Å². The highest BCUT2D eigenvalue weighted by molar-refractivity contribution is 9.10. The lowest BCUT2D eigenvalue weighted by atomic mass is 9.94. The molecule has 2 heterocycles. The van der Waals surface area contributed by atoms with E-state index in [-0.39, 0.29) is 16.3 Å². The first-order valence-electron chi connectivity index (χ1n) is 8.30. The molecule has 0 fully saturated rings. The van der Waals surface area contributed by atoms with Crippen molar-refractivity contribution in [2.75, 3.05) is 11.9 Å². The van der Waals surface area contributed by atoms with Crippen LogP contribution in [0.5, 0.6) is 0 Å². The average Bonchev–Trinajstić information content (AvgIpc) is 3.01. The molecule has 1 unspecified atom stereocenters. The molecule has 1 aliphatic heterocycles. The zero-order chi connectivity index (χ0) is 19.7. The van der Waals surface area contributed by atoms with E-state index >= 15 is 0 Å². The number of aromatic nitrogens is 1. The summed E-state index contributed by atoms with van der Waals surface area (Å²) in [6.07, 6.45) is 0. The summed E-state index contributed by atoms with van der Waals surface area (Å²) in [5.74, 6) is -0.0236. The molecule has 0 saturated heterocycles. The van der Waals surface area contributed by atoms with Gasteiger partial charge in [-0.25, -0.2) is 9.18 Å². The number of hydrogen-bond donors (Lipinski definition) is 2. The van der Waals surface area contributed by atoms with Gasteiger partial charge in [0.2, 0.25) is 0 Å². The number of benzene rings is 1. The largest absolute Gasteiger partial charge is 0.360 e. The van der Waals surface area contributed by atoms with E-state index in [1.165, 1.54) is 17.0 Å². The van der Waals surface area contributed by atoms with Crippen LogP contribution in [0.15, 0.2) is 44.5 Å². The molecule has 7 nitrogen and oxygen atoms in total. The molecule has 0 spiro atoms. The second kappa shape index (κ2) is 7.51. The molecular formula is C18H18BrFN4O3. The first-order valence-corrected chi connectivity index (χ1v) is 9.09. The van der Waals surface area contributed by atoms with Crippen LogP contribution in [0, 0.1) is 12.7 Å². The van der Waals surface area contributed by atoms with Gasteiger partial charge >= 0.3 is 6.03 Å². The molecule has 2 aromatic rings. The predicted molar refractivity (Wildman–Crippen MR) is 100 cm³/mol. The van der Waals surface area contributed by atoms with Gasteiger partial charge in [-0.05, 0) is 54.4 Å². The van der Waals surface area contributed by atoms with Crippen LogP contribution in [0.1, 0.15) is 31.2 Å². The van der Waals surface area contributed by atoms with E-state index in [1.54, 1.807) is 26.0 Å². The molecule has 3 rings (SSSR count).